The normalized spacial score (nSPS) is 12.2. The zero-order chi connectivity index (χ0) is 15.9. The van der Waals surface area contributed by atoms with Gasteiger partial charge in [0.15, 0.2) is 5.96 Å². The first-order valence-corrected chi connectivity index (χ1v) is 7.40. The fraction of sp³-hybridized carbons (Fsp3) is 0.278. The number of aryl methyl sites for hydroxylation is 2. The average Bonchev–Trinajstić information content (AvgIpc) is 2.45. The minimum atomic E-state index is -0.0420. The summed E-state index contributed by atoms with van der Waals surface area (Å²) in [6, 6.07) is 16.0. The van der Waals surface area contributed by atoms with E-state index < -0.39 is 0 Å². The Labute approximate surface area is 155 Å². The summed E-state index contributed by atoms with van der Waals surface area (Å²) in [6.07, 6.45) is -0.0420. The van der Waals surface area contributed by atoms with Crippen molar-refractivity contribution < 1.29 is 4.74 Å². The number of nitrogens with one attached hydrogen (secondary N) is 1. The molecule has 2 aromatic carbocycles. The predicted molar refractivity (Wildman–Crippen MR) is 108 cm³/mol. The van der Waals surface area contributed by atoms with Gasteiger partial charge in [-0.15, -0.1) is 24.0 Å². The molecule has 0 fully saturated rings. The predicted octanol–water partition coefficient (Wildman–Crippen LogP) is 4.12. The highest BCUT2D eigenvalue weighted by Crippen LogP contribution is 2.14. The summed E-state index contributed by atoms with van der Waals surface area (Å²) in [4.78, 5) is 4.33. The summed E-state index contributed by atoms with van der Waals surface area (Å²) in [6.45, 7) is 6.56. The number of aliphatic imine (C=N–C) groups is 1. The molecule has 124 valence electrons. The van der Waals surface area contributed by atoms with E-state index in [4.69, 9.17) is 10.5 Å². The van der Waals surface area contributed by atoms with Crippen molar-refractivity contribution in [2.24, 2.45) is 10.7 Å². The number of hydrogen-bond acceptors (Lipinski definition) is 2. The molecule has 0 aliphatic rings. The van der Waals surface area contributed by atoms with Gasteiger partial charge in [-0.25, -0.2) is 4.99 Å². The molecule has 5 heteroatoms. The smallest absolute Gasteiger partial charge is 0.193 e. The Kier molecular flexibility index (Phi) is 7.88. The van der Waals surface area contributed by atoms with E-state index >= 15 is 0 Å². The SMILES string of the molecule is Cc1cccc(NC(N)=NCC(C)Oc2cccc(C)c2)c1.I. The molecule has 0 heterocycles. The molecule has 1 atom stereocenters. The Balaban J connectivity index is 0.00000264. The number of halogens is 1. The third-order valence-corrected chi connectivity index (χ3v) is 3.14. The van der Waals surface area contributed by atoms with Gasteiger partial charge in [-0.1, -0.05) is 24.3 Å². The quantitative estimate of drug-likeness (QED) is 0.431. The van der Waals surface area contributed by atoms with Gasteiger partial charge in [-0.3, -0.25) is 0 Å². The Morgan fingerprint density at radius 3 is 2.43 bits per heavy atom. The van der Waals surface area contributed by atoms with Crippen molar-refractivity contribution in [3.63, 3.8) is 0 Å². The van der Waals surface area contributed by atoms with Crippen molar-refractivity contribution in [1.29, 1.82) is 0 Å². The lowest BCUT2D eigenvalue weighted by Gasteiger charge is -2.13. The molecular weight excluding hydrogens is 401 g/mol. The van der Waals surface area contributed by atoms with Crippen LogP contribution >= 0.6 is 24.0 Å². The standard InChI is InChI=1S/C18H23N3O.HI/c1-13-6-4-8-16(10-13)21-18(19)20-12-15(3)22-17-9-5-7-14(2)11-17;/h4-11,15H,12H2,1-3H3,(H3,19,20,21);1H. The molecule has 3 N–H and O–H groups in total. The first kappa shape index (κ1) is 19.3. The fourth-order valence-corrected chi connectivity index (χ4v) is 2.10. The lowest BCUT2D eigenvalue weighted by atomic mass is 10.2. The first-order valence-electron chi connectivity index (χ1n) is 7.40. The number of anilines is 1. The van der Waals surface area contributed by atoms with Gasteiger partial charge < -0.3 is 15.8 Å². The zero-order valence-corrected chi connectivity index (χ0v) is 16.1. The maximum absolute atomic E-state index is 5.90. The van der Waals surface area contributed by atoms with E-state index in [2.05, 4.69) is 10.3 Å². The van der Waals surface area contributed by atoms with Gasteiger partial charge in [-0.05, 0) is 56.2 Å². The summed E-state index contributed by atoms with van der Waals surface area (Å²) >= 11 is 0. The van der Waals surface area contributed by atoms with Crippen molar-refractivity contribution in [3.8, 4) is 5.75 Å². The van der Waals surface area contributed by atoms with Gasteiger partial charge >= 0.3 is 0 Å². The van der Waals surface area contributed by atoms with Crippen LogP contribution in [0.25, 0.3) is 0 Å². The Morgan fingerprint density at radius 2 is 1.78 bits per heavy atom. The zero-order valence-electron chi connectivity index (χ0n) is 13.7. The van der Waals surface area contributed by atoms with Crippen LogP contribution in [0.2, 0.25) is 0 Å². The molecule has 1 unspecified atom stereocenters. The number of rotatable bonds is 5. The van der Waals surface area contributed by atoms with Gasteiger partial charge in [0, 0.05) is 5.69 Å². The highest BCUT2D eigenvalue weighted by Gasteiger charge is 2.04. The van der Waals surface area contributed by atoms with Crippen molar-refractivity contribution in [2.45, 2.75) is 26.9 Å². The summed E-state index contributed by atoms with van der Waals surface area (Å²) < 4.78 is 5.82. The molecule has 4 nitrogen and oxygen atoms in total. The van der Waals surface area contributed by atoms with E-state index in [0.717, 1.165) is 11.4 Å². The second-order valence-corrected chi connectivity index (χ2v) is 5.47. The van der Waals surface area contributed by atoms with Crippen LogP contribution in [0, 0.1) is 13.8 Å². The van der Waals surface area contributed by atoms with Gasteiger partial charge in [0.25, 0.3) is 0 Å². The molecule has 0 bridgehead atoms. The van der Waals surface area contributed by atoms with Crippen molar-refractivity contribution in [1.82, 2.24) is 0 Å². The van der Waals surface area contributed by atoms with Crippen LogP contribution in [0.3, 0.4) is 0 Å². The van der Waals surface area contributed by atoms with Gasteiger partial charge in [0.2, 0.25) is 0 Å². The minimum Gasteiger partial charge on any atom is -0.489 e. The summed E-state index contributed by atoms with van der Waals surface area (Å²) in [7, 11) is 0. The highest BCUT2D eigenvalue weighted by atomic mass is 127. The van der Waals surface area contributed by atoms with E-state index in [1.54, 1.807) is 0 Å². The number of nitrogens with zero attached hydrogens (tertiary/aromatic N) is 1. The summed E-state index contributed by atoms with van der Waals surface area (Å²) in [5.74, 6) is 1.25. The second-order valence-electron chi connectivity index (χ2n) is 5.47. The molecule has 0 amide bonds. The van der Waals surface area contributed by atoms with Crippen molar-refractivity contribution in [3.05, 3.63) is 59.7 Å². The van der Waals surface area contributed by atoms with Crippen LogP contribution in [0.15, 0.2) is 53.5 Å². The molecule has 0 aliphatic heterocycles. The number of nitrogens with two attached hydrogens (primary N) is 1. The average molecular weight is 425 g/mol. The maximum Gasteiger partial charge on any atom is 0.193 e. The number of benzene rings is 2. The Hall–Kier alpha value is -1.76. The van der Waals surface area contributed by atoms with Gasteiger partial charge in [0.05, 0.1) is 6.54 Å². The molecule has 0 saturated heterocycles. The van der Waals surface area contributed by atoms with Crippen LogP contribution in [-0.2, 0) is 0 Å². The van der Waals surface area contributed by atoms with Gasteiger partial charge in [-0.2, -0.15) is 0 Å². The number of ether oxygens (including phenoxy) is 1. The molecule has 0 aliphatic carbocycles. The van der Waals surface area contributed by atoms with Crippen LogP contribution in [0.1, 0.15) is 18.1 Å². The topological polar surface area (TPSA) is 59.6 Å². The molecule has 2 aromatic rings. The Bertz CT molecular complexity index is 658. The van der Waals surface area contributed by atoms with E-state index in [1.807, 2.05) is 69.3 Å². The van der Waals surface area contributed by atoms with Crippen molar-refractivity contribution in [2.75, 3.05) is 11.9 Å². The van der Waals surface area contributed by atoms with Crippen molar-refractivity contribution >= 4 is 35.6 Å². The largest absolute Gasteiger partial charge is 0.489 e. The monoisotopic (exact) mass is 425 g/mol. The minimum absolute atomic E-state index is 0. The van der Waals surface area contributed by atoms with Crippen LogP contribution in [-0.4, -0.2) is 18.6 Å². The second kappa shape index (κ2) is 9.39. The molecule has 0 saturated carbocycles. The molecule has 0 spiro atoms. The molecule has 23 heavy (non-hydrogen) atoms. The summed E-state index contributed by atoms with van der Waals surface area (Å²) in [5, 5.41) is 3.08. The van der Waals surface area contributed by atoms with E-state index in [9.17, 15) is 0 Å². The molecule has 0 radical (unpaired) electrons. The highest BCUT2D eigenvalue weighted by molar-refractivity contribution is 14.0. The fourth-order valence-electron chi connectivity index (χ4n) is 2.10. The Morgan fingerprint density at radius 1 is 1.13 bits per heavy atom. The number of guanidine groups is 1. The van der Waals surface area contributed by atoms with Gasteiger partial charge in [0.1, 0.15) is 11.9 Å². The summed E-state index contributed by atoms with van der Waals surface area (Å²) in [5.41, 5.74) is 9.19. The van der Waals surface area contributed by atoms with E-state index in [0.29, 0.717) is 12.5 Å². The van der Waals surface area contributed by atoms with Crippen LogP contribution < -0.4 is 15.8 Å². The third-order valence-electron chi connectivity index (χ3n) is 3.14. The lowest BCUT2D eigenvalue weighted by Crippen LogP contribution is -2.25. The molecular formula is C18H24IN3O. The maximum atomic E-state index is 5.90. The lowest BCUT2D eigenvalue weighted by molar-refractivity contribution is 0.230. The molecule has 0 aromatic heterocycles. The first-order chi connectivity index (χ1) is 10.5. The van der Waals surface area contributed by atoms with Crippen LogP contribution in [0.5, 0.6) is 5.75 Å². The molecule has 2 rings (SSSR count). The van der Waals surface area contributed by atoms with E-state index in [1.165, 1.54) is 11.1 Å². The third kappa shape index (κ3) is 6.90. The van der Waals surface area contributed by atoms with Crippen LogP contribution in [0.4, 0.5) is 5.69 Å². The number of hydrogen-bond donors (Lipinski definition) is 2. The van der Waals surface area contributed by atoms with E-state index in [-0.39, 0.29) is 30.1 Å².